The van der Waals surface area contributed by atoms with Gasteiger partial charge in [0.1, 0.15) is 0 Å². The van der Waals surface area contributed by atoms with Crippen molar-refractivity contribution in [2.45, 2.75) is 19.3 Å². The monoisotopic (exact) mass is 292 g/mol. The number of benzene rings is 2. The molecule has 5 heteroatoms. The smallest absolute Gasteiger partial charge is 0.162 e. The average Bonchev–Trinajstić information content (AvgIpc) is 3.05. The maximum Gasteiger partial charge on any atom is 0.162 e. The van der Waals surface area contributed by atoms with E-state index in [0.717, 1.165) is 23.5 Å². The largest absolute Gasteiger partial charge is 0.294 e. The van der Waals surface area contributed by atoms with Gasteiger partial charge < -0.3 is 0 Å². The molecular weight excluding hydrogens is 276 g/mol. The minimum atomic E-state index is 0.152. The third kappa shape index (κ3) is 3.25. The van der Waals surface area contributed by atoms with Crippen LogP contribution < -0.4 is 0 Å². The number of carbonyl (C=O) groups excluding carboxylic acids is 1. The van der Waals surface area contributed by atoms with E-state index in [-0.39, 0.29) is 5.78 Å². The van der Waals surface area contributed by atoms with Gasteiger partial charge in [0, 0.05) is 18.4 Å². The fourth-order valence-electron chi connectivity index (χ4n) is 2.31. The zero-order valence-corrected chi connectivity index (χ0v) is 12.1. The Balaban J connectivity index is 1.61. The van der Waals surface area contributed by atoms with Crippen LogP contribution in [0.2, 0.25) is 0 Å². The molecule has 0 saturated heterocycles. The fraction of sp³-hybridized carbons (Fsp3) is 0.176. The molecule has 1 heterocycles. The Hall–Kier alpha value is -2.82. The Labute approximate surface area is 128 Å². The third-order valence-electron chi connectivity index (χ3n) is 3.43. The first-order valence-corrected chi connectivity index (χ1v) is 7.25. The van der Waals surface area contributed by atoms with Crippen molar-refractivity contribution < 1.29 is 4.79 Å². The Morgan fingerprint density at radius 3 is 2.36 bits per heavy atom. The van der Waals surface area contributed by atoms with E-state index >= 15 is 0 Å². The van der Waals surface area contributed by atoms with Crippen molar-refractivity contribution in [3.8, 4) is 5.69 Å². The number of hydrogen-bond acceptors (Lipinski definition) is 4. The summed E-state index contributed by atoms with van der Waals surface area (Å²) in [5.74, 6) is 0.923. The fourth-order valence-corrected chi connectivity index (χ4v) is 2.31. The number of carbonyl (C=O) groups is 1. The molecule has 0 atom stereocenters. The molecule has 0 amide bonds. The van der Waals surface area contributed by atoms with Gasteiger partial charge in [-0.15, -0.1) is 5.10 Å². The van der Waals surface area contributed by atoms with Crippen molar-refractivity contribution in [3.63, 3.8) is 0 Å². The van der Waals surface area contributed by atoms with E-state index < -0.39 is 0 Å². The summed E-state index contributed by atoms with van der Waals surface area (Å²) in [6.07, 6.45) is 1.88. The van der Waals surface area contributed by atoms with Crippen LogP contribution in [0.5, 0.6) is 0 Å². The van der Waals surface area contributed by atoms with Gasteiger partial charge >= 0.3 is 0 Å². The number of tetrazole rings is 1. The highest BCUT2D eigenvalue weighted by Crippen LogP contribution is 2.11. The van der Waals surface area contributed by atoms with Gasteiger partial charge in [-0.2, -0.15) is 4.68 Å². The summed E-state index contributed by atoms with van der Waals surface area (Å²) in [5, 5.41) is 11.8. The van der Waals surface area contributed by atoms with Crippen molar-refractivity contribution in [1.29, 1.82) is 0 Å². The minimum absolute atomic E-state index is 0.152. The Morgan fingerprint density at radius 2 is 1.64 bits per heavy atom. The average molecular weight is 292 g/mol. The summed E-state index contributed by atoms with van der Waals surface area (Å²) in [4.78, 5) is 12.1. The molecule has 22 heavy (non-hydrogen) atoms. The lowest BCUT2D eigenvalue weighted by Crippen LogP contribution is -2.05. The minimum Gasteiger partial charge on any atom is -0.294 e. The van der Waals surface area contributed by atoms with Crippen LogP contribution in [0, 0.1) is 0 Å². The maximum absolute atomic E-state index is 12.1. The zero-order chi connectivity index (χ0) is 15.2. The quantitative estimate of drug-likeness (QED) is 0.655. The summed E-state index contributed by atoms with van der Waals surface area (Å²) in [6.45, 7) is 0. The molecule has 2 aromatic carbocycles. The molecule has 0 saturated carbocycles. The van der Waals surface area contributed by atoms with Crippen LogP contribution in [-0.4, -0.2) is 26.0 Å². The van der Waals surface area contributed by atoms with E-state index in [1.165, 1.54) is 0 Å². The lowest BCUT2D eigenvalue weighted by Gasteiger charge is -2.04. The molecule has 0 aliphatic heterocycles. The number of para-hydroxylation sites is 1. The molecule has 3 rings (SSSR count). The summed E-state index contributed by atoms with van der Waals surface area (Å²) in [5.41, 5.74) is 1.68. The molecule has 5 nitrogen and oxygen atoms in total. The van der Waals surface area contributed by atoms with Crippen LogP contribution in [0.25, 0.3) is 5.69 Å². The second-order valence-electron chi connectivity index (χ2n) is 4.99. The SMILES string of the molecule is O=C(CCCc1nnnn1-c1ccccc1)c1ccccc1. The van der Waals surface area contributed by atoms with Crippen molar-refractivity contribution in [1.82, 2.24) is 20.2 Å². The van der Waals surface area contributed by atoms with Crippen molar-refractivity contribution >= 4 is 5.78 Å². The molecule has 0 bridgehead atoms. The van der Waals surface area contributed by atoms with Gasteiger partial charge in [0.15, 0.2) is 11.6 Å². The molecular formula is C17H16N4O. The number of hydrogen-bond donors (Lipinski definition) is 0. The lowest BCUT2D eigenvalue weighted by atomic mass is 10.1. The van der Waals surface area contributed by atoms with Crippen LogP contribution in [-0.2, 0) is 6.42 Å². The van der Waals surface area contributed by atoms with Crippen LogP contribution >= 0.6 is 0 Å². The van der Waals surface area contributed by atoms with Gasteiger partial charge in [-0.3, -0.25) is 4.79 Å². The highest BCUT2D eigenvalue weighted by atomic mass is 16.1. The van der Waals surface area contributed by atoms with E-state index in [4.69, 9.17) is 0 Å². The lowest BCUT2D eigenvalue weighted by molar-refractivity contribution is 0.0980. The molecule has 0 aliphatic carbocycles. The topological polar surface area (TPSA) is 60.7 Å². The normalized spacial score (nSPS) is 10.5. The number of aryl methyl sites for hydroxylation is 1. The van der Waals surface area contributed by atoms with Crippen LogP contribution in [0.4, 0.5) is 0 Å². The third-order valence-corrected chi connectivity index (χ3v) is 3.43. The number of aromatic nitrogens is 4. The second kappa shape index (κ2) is 6.76. The van der Waals surface area contributed by atoms with Gasteiger partial charge in [0.05, 0.1) is 5.69 Å². The van der Waals surface area contributed by atoms with Crippen molar-refractivity contribution in [3.05, 3.63) is 72.1 Å². The van der Waals surface area contributed by atoms with E-state index in [1.54, 1.807) is 4.68 Å². The molecule has 1 aromatic heterocycles. The first-order valence-electron chi connectivity index (χ1n) is 7.25. The molecule has 0 fully saturated rings. The van der Waals surface area contributed by atoms with Crippen molar-refractivity contribution in [2.75, 3.05) is 0 Å². The maximum atomic E-state index is 12.1. The summed E-state index contributed by atoms with van der Waals surface area (Å²) < 4.78 is 1.72. The predicted molar refractivity (Wildman–Crippen MR) is 82.9 cm³/mol. The van der Waals surface area contributed by atoms with Gasteiger partial charge in [-0.25, -0.2) is 0 Å². The summed E-state index contributed by atoms with van der Waals surface area (Å²) in [7, 11) is 0. The molecule has 0 spiro atoms. The molecule has 0 unspecified atom stereocenters. The number of nitrogens with zero attached hydrogens (tertiary/aromatic N) is 4. The molecule has 0 N–H and O–H groups in total. The zero-order valence-electron chi connectivity index (χ0n) is 12.1. The highest BCUT2D eigenvalue weighted by Gasteiger charge is 2.10. The molecule has 0 aliphatic rings. The first-order chi connectivity index (χ1) is 10.8. The standard InChI is InChI=1S/C17H16N4O/c22-16(14-8-3-1-4-9-14)12-7-13-17-18-19-20-21(17)15-10-5-2-6-11-15/h1-6,8-11H,7,12-13H2. The Kier molecular flexibility index (Phi) is 4.34. The van der Waals surface area contributed by atoms with E-state index in [0.29, 0.717) is 12.8 Å². The predicted octanol–water partition coefficient (Wildman–Crippen LogP) is 2.87. The number of rotatable bonds is 6. The number of Topliss-reactive ketones (excluding diaryl/α,β-unsaturated/α-hetero) is 1. The van der Waals surface area contributed by atoms with Gasteiger partial charge in [-0.05, 0) is 29.0 Å². The van der Waals surface area contributed by atoms with Gasteiger partial charge in [0.25, 0.3) is 0 Å². The van der Waals surface area contributed by atoms with E-state index in [2.05, 4.69) is 15.5 Å². The summed E-state index contributed by atoms with van der Waals surface area (Å²) >= 11 is 0. The van der Waals surface area contributed by atoms with E-state index in [1.807, 2.05) is 60.7 Å². The molecule has 0 radical (unpaired) electrons. The number of ketones is 1. The summed E-state index contributed by atoms with van der Waals surface area (Å²) in [6, 6.07) is 19.1. The second-order valence-corrected chi connectivity index (χ2v) is 4.99. The van der Waals surface area contributed by atoms with Crippen molar-refractivity contribution in [2.24, 2.45) is 0 Å². The Bertz CT molecular complexity index is 738. The highest BCUT2D eigenvalue weighted by molar-refractivity contribution is 5.95. The van der Waals surface area contributed by atoms with E-state index in [9.17, 15) is 4.79 Å². The Morgan fingerprint density at radius 1 is 0.955 bits per heavy atom. The van der Waals surface area contributed by atoms with Gasteiger partial charge in [0.2, 0.25) is 0 Å². The van der Waals surface area contributed by atoms with Crippen LogP contribution in [0.1, 0.15) is 29.0 Å². The van der Waals surface area contributed by atoms with Crippen LogP contribution in [0.3, 0.4) is 0 Å². The van der Waals surface area contributed by atoms with Crippen LogP contribution in [0.15, 0.2) is 60.7 Å². The molecule has 110 valence electrons. The first kappa shape index (κ1) is 14.1. The molecule has 3 aromatic rings. The van der Waals surface area contributed by atoms with Gasteiger partial charge in [-0.1, -0.05) is 48.5 Å².